The minimum Gasteiger partial charge on any atom is -0.342 e. The van der Waals surface area contributed by atoms with Crippen molar-refractivity contribution >= 4 is 17.5 Å². The highest BCUT2D eigenvalue weighted by Crippen LogP contribution is 2.30. The highest BCUT2D eigenvalue weighted by Gasteiger charge is 2.31. The lowest BCUT2D eigenvalue weighted by Crippen LogP contribution is -2.45. The van der Waals surface area contributed by atoms with Crippen molar-refractivity contribution in [1.29, 1.82) is 0 Å². The van der Waals surface area contributed by atoms with E-state index < -0.39 is 0 Å². The summed E-state index contributed by atoms with van der Waals surface area (Å²) in [5.74, 6) is 1.27. The number of aryl methyl sites for hydroxylation is 1. The van der Waals surface area contributed by atoms with E-state index in [2.05, 4.69) is 82.6 Å². The Kier molecular flexibility index (Phi) is 8.09. The van der Waals surface area contributed by atoms with Crippen LogP contribution in [0, 0.1) is 18.8 Å². The van der Waals surface area contributed by atoms with Crippen LogP contribution in [0.1, 0.15) is 42.4 Å². The predicted octanol–water partition coefficient (Wildman–Crippen LogP) is 7.01. The van der Waals surface area contributed by atoms with Gasteiger partial charge in [-0.3, -0.25) is 9.69 Å². The molecule has 2 aliphatic heterocycles. The lowest BCUT2D eigenvalue weighted by molar-refractivity contribution is -0.138. The fourth-order valence-corrected chi connectivity index (χ4v) is 6.02. The Hall–Kier alpha value is -2.62. The van der Waals surface area contributed by atoms with Crippen LogP contribution in [0.3, 0.4) is 0 Å². The molecule has 0 spiro atoms. The first kappa shape index (κ1) is 25.0. The zero-order valence-corrected chi connectivity index (χ0v) is 22.1. The second-order valence-electron chi connectivity index (χ2n) is 10.6. The lowest BCUT2D eigenvalue weighted by Gasteiger charge is -2.37. The summed E-state index contributed by atoms with van der Waals surface area (Å²) in [6.45, 7) is 6.74. The van der Waals surface area contributed by atoms with Gasteiger partial charge in [0.05, 0.1) is 0 Å². The number of benzene rings is 3. The van der Waals surface area contributed by atoms with E-state index in [4.69, 9.17) is 11.6 Å². The van der Waals surface area contributed by atoms with Crippen molar-refractivity contribution in [3.05, 3.63) is 94.5 Å². The molecular formula is C32H37ClN2O. The van der Waals surface area contributed by atoms with Gasteiger partial charge in [-0.2, -0.15) is 0 Å². The number of hydrogen-bond donors (Lipinski definition) is 0. The van der Waals surface area contributed by atoms with Gasteiger partial charge in [0.1, 0.15) is 0 Å². The molecule has 0 atom stereocenters. The molecular weight excluding hydrogens is 464 g/mol. The number of piperidine rings is 2. The molecule has 0 aliphatic carbocycles. The number of carbonyl (C=O) groups is 1. The monoisotopic (exact) mass is 500 g/mol. The van der Waals surface area contributed by atoms with Crippen molar-refractivity contribution in [3.8, 4) is 11.1 Å². The minimum atomic E-state index is 0.179. The van der Waals surface area contributed by atoms with Gasteiger partial charge in [-0.1, -0.05) is 78.3 Å². The molecule has 3 aromatic carbocycles. The normalized spacial score (nSPS) is 17.9. The van der Waals surface area contributed by atoms with E-state index in [1.54, 1.807) is 0 Å². The maximum Gasteiger partial charge on any atom is 0.225 e. The van der Waals surface area contributed by atoms with Crippen LogP contribution in [0.4, 0.5) is 0 Å². The van der Waals surface area contributed by atoms with Crippen molar-refractivity contribution in [2.75, 3.05) is 26.2 Å². The van der Waals surface area contributed by atoms with Gasteiger partial charge in [-0.05, 0) is 91.9 Å². The number of likely N-dealkylation sites (tertiary alicyclic amines) is 2. The zero-order valence-electron chi connectivity index (χ0n) is 21.3. The SMILES string of the molecule is Cc1ccc(-c2ccccc2CN2CCC(C(=O)N3CCC(Cc4ccccc4)CC3)CC2)cc1Cl. The number of rotatable bonds is 6. The Labute approximate surface area is 221 Å². The molecule has 4 heteroatoms. The van der Waals surface area contributed by atoms with Crippen LogP contribution in [-0.4, -0.2) is 41.9 Å². The van der Waals surface area contributed by atoms with Crippen LogP contribution in [-0.2, 0) is 17.8 Å². The van der Waals surface area contributed by atoms with Crippen LogP contribution >= 0.6 is 11.6 Å². The molecule has 5 rings (SSSR count). The van der Waals surface area contributed by atoms with Crippen molar-refractivity contribution < 1.29 is 4.79 Å². The van der Waals surface area contributed by atoms with Gasteiger partial charge in [0.2, 0.25) is 5.91 Å². The molecule has 2 aliphatic rings. The van der Waals surface area contributed by atoms with E-state index in [0.717, 1.165) is 75.4 Å². The first-order valence-electron chi connectivity index (χ1n) is 13.5. The molecule has 0 unspecified atom stereocenters. The van der Waals surface area contributed by atoms with Crippen LogP contribution < -0.4 is 0 Å². The van der Waals surface area contributed by atoms with Crippen LogP contribution in [0.15, 0.2) is 72.8 Å². The maximum atomic E-state index is 13.3. The smallest absolute Gasteiger partial charge is 0.225 e. The van der Waals surface area contributed by atoms with Gasteiger partial charge in [-0.25, -0.2) is 0 Å². The summed E-state index contributed by atoms with van der Waals surface area (Å²) in [5, 5.41) is 0.811. The Morgan fingerprint density at radius 2 is 1.56 bits per heavy atom. The van der Waals surface area contributed by atoms with Crippen molar-refractivity contribution in [3.63, 3.8) is 0 Å². The number of nitrogens with zero attached hydrogens (tertiary/aromatic N) is 2. The molecule has 2 fully saturated rings. The summed E-state index contributed by atoms with van der Waals surface area (Å²) in [7, 11) is 0. The number of amides is 1. The molecule has 0 bridgehead atoms. The van der Waals surface area contributed by atoms with E-state index in [-0.39, 0.29) is 5.92 Å². The van der Waals surface area contributed by atoms with Gasteiger partial charge in [0.15, 0.2) is 0 Å². The third kappa shape index (κ3) is 6.02. The van der Waals surface area contributed by atoms with Crippen LogP contribution in [0.2, 0.25) is 5.02 Å². The standard InChI is InChI=1S/C32H37ClN2O/c1-24-11-12-28(22-31(24)33)30-10-6-5-9-29(30)23-34-17-15-27(16-18-34)32(36)35-19-13-26(14-20-35)21-25-7-3-2-4-8-25/h2-12,22,26-27H,13-21,23H2,1H3. The Morgan fingerprint density at radius 3 is 2.28 bits per heavy atom. The van der Waals surface area contributed by atoms with Crippen molar-refractivity contribution in [2.24, 2.45) is 11.8 Å². The highest BCUT2D eigenvalue weighted by molar-refractivity contribution is 6.31. The fraction of sp³-hybridized carbons (Fsp3) is 0.406. The highest BCUT2D eigenvalue weighted by atomic mass is 35.5. The van der Waals surface area contributed by atoms with E-state index in [1.807, 2.05) is 6.92 Å². The summed E-state index contributed by atoms with van der Waals surface area (Å²) < 4.78 is 0. The third-order valence-electron chi connectivity index (χ3n) is 8.12. The van der Waals surface area contributed by atoms with E-state index in [1.165, 1.54) is 22.3 Å². The molecule has 0 saturated carbocycles. The Morgan fingerprint density at radius 1 is 0.861 bits per heavy atom. The number of hydrogen-bond acceptors (Lipinski definition) is 2. The second-order valence-corrected chi connectivity index (χ2v) is 11.0. The first-order chi connectivity index (χ1) is 17.6. The summed E-state index contributed by atoms with van der Waals surface area (Å²) in [6.07, 6.45) is 5.30. The molecule has 188 valence electrons. The summed E-state index contributed by atoms with van der Waals surface area (Å²) in [5.41, 5.74) is 6.26. The van der Waals surface area contributed by atoms with Gasteiger partial charge in [0, 0.05) is 30.6 Å². The molecule has 2 saturated heterocycles. The average Bonchev–Trinajstić information content (AvgIpc) is 2.92. The quantitative estimate of drug-likeness (QED) is 0.363. The van der Waals surface area contributed by atoms with E-state index in [9.17, 15) is 4.79 Å². The lowest BCUT2D eigenvalue weighted by atomic mass is 9.88. The summed E-state index contributed by atoms with van der Waals surface area (Å²) >= 11 is 6.42. The van der Waals surface area contributed by atoms with Crippen molar-refractivity contribution in [1.82, 2.24) is 9.80 Å². The van der Waals surface area contributed by atoms with Crippen molar-refractivity contribution in [2.45, 2.75) is 45.6 Å². The Balaban J connectivity index is 1.12. The van der Waals surface area contributed by atoms with E-state index in [0.29, 0.717) is 11.8 Å². The fourth-order valence-electron chi connectivity index (χ4n) is 5.84. The molecule has 0 N–H and O–H groups in total. The minimum absolute atomic E-state index is 0.179. The van der Waals surface area contributed by atoms with E-state index >= 15 is 0 Å². The van der Waals surface area contributed by atoms with Gasteiger partial charge < -0.3 is 4.90 Å². The maximum absolute atomic E-state index is 13.3. The van der Waals surface area contributed by atoms with Gasteiger partial charge in [0.25, 0.3) is 0 Å². The van der Waals surface area contributed by atoms with Crippen LogP contribution in [0.5, 0.6) is 0 Å². The predicted molar refractivity (Wildman–Crippen MR) is 149 cm³/mol. The molecule has 2 heterocycles. The number of carbonyl (C=O) groups excluding carboxylic acids is 1. The topological polar surface area (TPSA) is 23.6 Å². The zero-order chi connectivity index (χ0) is 24.9. The second kappa shape index (κ2) is 11.6. The third-order valence-corrected chi connectivity index (χ3v) is 8.53. The summed E-state index contributed by atoms with van der Waals surface area (Å²) in [4.78, 5) is 17.9. The molecule has 0 radical (unpaired) electrons. The van der Waals surface area contributed by atoms with Crippen LogP contribution in [0.25, 0.3) is 11.1 Å². The largest absolute Gasteiger partial charge is 0.342 e. The Bertz CT molecular complexity index is 1160. The summed E-state index contributed by atoms with van der Waals surface area (Å²) in [6, 6.07) is 25.7. The van der Waals surface area contributed by atoms with Gasteiger partial charge in [-0.15, -0.1) is 0 Å². The number of halogens is 1. The molecule has 0 aromatic heterocycles. The molecule has 1 amide bonds. The molecule has 3 aromatic rings. The first-order valence-corrected chi connectivity index (χ1v) is 13.8. The molecule has 3 nitrogen and oxygen atoms in total. The van der Waals surface area contributed by atoms with Gasteiger partial charge >= 0.3 is 0 Å². The molecule has 36 heavy (non-hydrogen) atoms. The average molecular weight is 501 g/mol.